The molecule has 20 heavy (non-hydrogen) atoms. The molecule has 0 amide bonds. The standard InChI is InChI=1S/C15H20Cl2N2O/c1-2-20-12(10-7-8-10)15-18-13(16)11(14(17)19-15)9-5-3-4-6-9/h9-10,12H,2-8H2,1H3. The first-order chi connectivity index (χ1) is 9.70. The molecule has 0 radical (unpaired) electrons. The molecule has 1 heterocycles. The molecular formula is C15H20Cl2N2O. The predicted molar refractivity (Wildman–Crippen MR) is 80.4 cm³/mol. The van der Waals surface area contributed by atoms with Gasteiger partial charge in [-0.25, -0.2) is 9.97 Å². The van der Waals surface area contributed by atoms with Gasteiger partial charge in [-0.2, -0.15) is 0 Å². The molecule has 2 aliphatic carbocycles. The fourth-order valence-electron chi connectivity index (χ4n) is 3.11. The van der Waals surface area contributed by atoms with Crippen LogP contribution in [0, 0.1) is 5.92 Å². The largest absolute Gasteiger partial charge is 0.370 e. The number of nitrogens with zero attached hydrogens (tertiary/aromatic N) is 2. The van der Waals surface area contributed by atoms with Crippen LogP contribution in [0.4, 0.5) is 0 Å². The molecule has 110 valence electrons. The van der Waals surface area contributed by atoms with Gasteiger partial charge >= 0.3 is 0 Å². The summed E-state index contributed by atoms with van der Waals surface area (Å²) in [6, 6.07) is 0. The Bertz CT molecular complexity index is 462. The van der Waals surface area contributed by atoms with Crippen molar-refractivity contribution in [1.29, 1.82) is 0 Å². The van der Waals surface area contributed by atoms with Gasteiger partial charge in [-0.15, -0.1) is 0 Å². The first-order valence-corrected chi connectivity index (χ1v) is 8.30. The molecule has 2 fully saturated rings. The van der Waals surface area contributed by atoms with E-state index in [1.165, 1.54) is 25.7 Å². The Morgan fingerprint density at radius 3 is 2.20 bits per heavy atom. The van der Waals surface area contributed by atoms with Crippen LogP contribution in [0.3, 0.4) is 0 Å². The lowest BCUT2D eigenvalue weighted by Gasteiger charge is -2.18. The molecule has 2 saturated carbocycles. The molecule has 0 bridgehead atoms. The third kappa shape index (κ3) is 2.95. The average Bonchev–Trinajstić information content (AvgIpc) is 3.11. The Hall–Kier alpha value is -0.380. The van der Waals surface area contributed by atoms with Crippen LogP contribution in [0.15, 0.2) is 0 Å². The highest BCUT2D eigenvalue weighted by molar-refractivity contribution is 6.34. The summed E-state index contributed by atoms with van der Waals surface area (Å²) in [6.45, 7) is 2.65. The molecule has 1 atom stereocenters. The van der Waals surface area contributed by atoms with E-state index in [1.807, 2.05) is 6.92 Å². The number of hydrogen-bond donors (Lipinski definition) is 0. The van der Waals surface area contributed by atoms with E-state index in [0.29, 0.717) is 34.6 Å². The fourth-order valence-corrected chi connectivity index (χ4v) is 3.82. The molecule has 1 unspecified atom stereocenters. The number of rotatable bonds is 5. The van der Waals surface area contributed by atoms with Crippen molar-refractivity contribution in [3.63, 3.8) is 0 Å². The minimum Gasteiger partial charge on any atom is -0.370 e. The van der Waals surface area contributed by atoms with Crippen molar-refractivity contribution < 1.29 is 4.74 Å². The fraction of sp³-hybridized carbons (Fsp3) is 0.733. The van der Waals surface area contributed by atoms with Gasteiger partial charge in [0, 0.05) is 12.2 Å². The zero-order chi connectivity index (χ0) is 14.1. The second-order valence-corrected chi connectivity index (χ2v) is 6.49. The smallest absolute Gasteiger partial charge is 0.160 e. The van der Waals surface area contributed by atoms with Gasteiger partial charge < -0.3 is 4.74 Å². The Morgan fingerprint density at radius 2 is 1.70 bits per heavy atom. The highest BCUT2D eigenvalue weighted by Gasteiger charge is 2.36. The van der Waals surface area contributed by atoms with Crippen molar-refractivity contribution in [2.75, 3.05) is 6.61 Å². The van der Waals surface area contributed by atoms with Crippen LogP contribution < -0.4 is 0 Å². The van der Waals surface area contributed by atoms with Crippen molar-refractivity contribution >= 4 is 23.2 Å². The monoisotopic (exact) mass is 314 g/mol. The van der Waals surface area contributed by atoms with Crippen LogP contribution in [0.2, 0.25) is 10.3 Å². The van der Waals surface area contributed by atoms with Crippen LogP contribution in [0.25, 0.3) is 0 Å². The van der Waals surface area contributed by atoms with Gasteiger partial charge in [0.2, 0.25) is 0 Å². The Labute approximate surface area is 130 Å². The lowest BCUT2D eigenvalue weighted by molar-refractivity contribution is 0.0400. The maximum atomic E-state index is 6.39. The molecule has 2 aliphatic rings. The number of ether oxygens (including phenoxy) is 1. The van der Waals surface area contributed by atoms with Gasteiger partial charge in [0.1, 0.15) is 16.4 Å². The van der Waals surface area contributed by atoms with Crippen LogP contribution in [0.5, 0.6) is 0 Å². The lowest BCUT2D eigenvalue weighted by atomic mass is 10.0. The minimum absolute atomic E-state index is 0.0485. The summed E-state index contributed by atoms with van der Waals surface area (Å²) in [5.41, 5.74) is 0.945. The molecule has 0 aliphatic heterocycles. The van der Waals surface area contributed by atoms with E-state index in [1.54, 1.807) is 0 Å². The highest BCUT2D eigenvalue weighted by Crippen LogP contribution is 2.44. The van der Waals surface area contributed by atoms with Crippen LogP contribution in [-0.4, -0.2) is 16.6 Å². The maximum Gasteiger partial charge on any atom is 0.160 e. The lowest BCUT2D eigenvalue weighted by Crippen LogP contribution is -2.13. The summed E-state index contributed by atoms with van der Waals surface area (Å²) < 4.78 is 5.79. The molecule has 3 nitrogen and oxygen atoms in total. The number of halogens is 2. The quantitative estimate of drug-likeness (QED) is 0.723. The zero-order valence-electron chi connectivity index (χ0n) is 11.7. The van der Waals surface area contributed by atoms with E-state index >= 15 is 0 Å². The van der Waals surface area contributed by atoms with Crippen molar-refractivity contribution in [3.05, 3.63) is 21.7 Å². The van der Waals surface area contributed by atoms with Gasteiger partial charge in [-0.3, -0.25) is 0 Å². The number of aromatic nitrogens is 2. The van der Waals surface area contributed by atoms with Crippen LogP contribution >= 0.6 is 23.2 Å². The van der Waals surface area contributed by atoms with E-state index in [-0.39, 0.29) is 6.10 Å². The molecular weight excluding hydrogens is 295 g/mol. The maximum absolute atomic E-state index is 6.39. The molecule has 0 N–H and O–H groups in total. The van der Waals surface area contributed by atoms with Crippen molar-refractivity contribution in [1.82, 2.24) is 9.97 Å². The van der Waals surface area contributed by atoms with E-state index in [4.69, 9.17) is 27.9 Å². The van der Waals surface area contributed by atoms with Gasteiger partial charge in [0.15, 0.2) is 5.82 Å². The summed E-state index contributed by atoms with van der Waals surface area (Å²) in [7, 11) is 0. The van der Waals surface area contributed by atoms with Crippen LogP contribution in [0.1, 0.15) is 68.9 Å². The predicted octanol–water partition coefficient (Wildman–Crippen LogP) is 4.93. The van der Waals surface area contributed by atoms with Gasteiger partial charge in [-0.1, -0.05) is 36.0 Å². The minimum atomic E-state index is -0.0485. The molecule has 0 saturated heterocycles. The Morgan fingerprint density at radius 1 is 1.10 bits per heavy atom. The van der Waals surface area contributed by atoms with Crippen molar-refractivity contribution in [2.24, 2.45) is 5.92 Å². The SMILES string of the molecule is CCOC(c1nc(Cl)c(C2CCCC2)c(Cl)n1)C1CC1. The zero-order valence-corrected chi connectivity index (χ0v) is 13.3. The van der Waals surface area contributed by atoms with E-state index in [2.05, 4.69) is 9.97 Å². The molecule has 5 heteroatoms. The topological polar surface area (TPSA) is 35.0 Å². The van der Waals surface area contributed by atoms with Gasteiger partial charge in [0.05, 0.1) is 0 Å². The van der Waals surface area contributed by atoms with Gasteiger partial charge in [0.25, 0.3) is 0 Å². The highest BCUT2D eigenvalue weighted by atomic mass is 35.5. The average molecular weight is 315 g/mol. The second-order valence-electron chi connectivity index (χ2n) is 5.77. The van der Waals surface area contributed by atoms with Gasteiger partial charge in [-0.05, 0) is 44.4 Å². The van der Waals surface area contributed by atoms with Crippen molar-refractivity contribution in [2.45, 2.75) is 57.5 Å². The van der Waals surface area contributed by atoms with E-state index < -0.39 is 0 Å². The summed E-state index contributed by atoms with van der Waals surface area (Å²) in [5.74, 6) is 1.61. The molecule has 0 spiro atoms. The van der Waals surface area contributed by atoms with Crippen LogP contribution in [-0.2, 0) is 4.74 Å². The van der Waals surface area contributed by atoms with E-state index in [0.717, 1.165) is 18.4 Å². The summed E-state index contributed by atoms with van der Waals surface area (Å²) in [5, 5.41) is 1.05. The summed E-state index contributed by atoms with van der Waals surface area (Å²) in [6.07, 6.45) is 7.05. The first kappa shape index (κ1) is 14.6. The number of hydrogen-bond acceptors (Lipinski definition) is 3. The molecule has 1 aromatic rings. The third-order valence-corrected chi connectivity index (χ3v) is 4.86. The second kappa shape index (κ2) is 6.17. The Balaban J connectivity index is 1.89. The molecule has 0 aromatic carbocycles. The van der Waals surface area contributed by atoms with Crippen molar-refractivity contribution in [3.8, 4) is 0 Å². The first-order valence-electron chi connectivity index (χ1n) is 7.55. The molecule has 3 rings (SSSR count). The third-order valence-electron chi connectivity index (χ3n) is 4.28. The summed E-state index contributed by atoms with van der Waals surface area (Å²) >= 11 is 12.8. The summed E-state index contributed by atoms with van der Waals surface area (Å²) in [4.78, 5) is 9.01. The Kier molecular flexibility index (Phi) is 4.49. The van der Waals surface area contributed by atoms with E-state index in [9.17, 15) is 0 Å². The molecule has 1 aromatic heterocycles. The normalized spacial score (nSPS) is 21.4.